The van der Waals surface area contributed by atoms with Gasteiger partial charge in [-0.1, -0.05) is 271 Å². The van der Waals surface area contributed by atoms with Crippen LogP contribution in [-0.2, 0) is 0 Å². The van der Waals surface area contributed by atoms with Gasteiger partial charge in [-0.05, 0) is 19.3 Å². The fraction of sp³-hybridized carbons (Fsp3) is 1.00. The molecule has 0 saturated heterocycles. The molecular formula is C46H96N2O2. The summed E-state index contributed by atoms with van der Waals surface area (Å²) in [5.41, 5.74) is 7.33. The molecule has 0 bridgehead atoms. The highest BCUT2D eigenvalue weighted by atomic mass is 16.6. The molecule has 0 aromatic heterocycles. The van der Waals surface area contributed by atoms with E-state index >= 15 is 0 Å². The number of hydrogen-bond acceptors (Lipinski definition) is 3. The summed E-state index contributed by atoms with van der Waals surface area (Å²) in [6.45, 7) is 6.94. The molecule has 0 spiro atoms. The van der Waals surface area contributed by atoms with Crippen LogP contribution in [-0.4, -0.2) is 10.7 Å². The maximum atomic E-state index is 8.11. The van der Waals surface area contributed by atoms with Crippen LogP contribution in [0.3, 0.4) is 0 Å². The third kappa shape index (κ3) is 45.4. The van der Waals surface area contributed by atoms with Gasteiger partial charge >= 0.3 is 0 Å². The standard InChI is InChI=1S/C46H95N.HNO2/c1-4-7-10-13-16-19-22-25-28-31-34-37-40-43-46(47,44-41-38-35-32-29-26-23-20-17-14-11-8-5-2)45-42-39-36-33-30-27-24-21-18-15-12-9-6-3;2-1-3/h4-45,47H2,1-3H3;(H,2,3). The van der Waals surface area contributed by atoms with Gasteiger partial charge in [-0.3, -0.25) is 0 Å². The van der Waals surface area contributed by atoms with Crippen LogP contribution in [0, 0.1) is 4.91 Å². The van der Waals surface area contributed by atoms with Crippen LogP contribution in [0.1, 0.15) is 290 Å². The lowest BCUT2D eigenvalue weighted by molar-refractivity contribution is 0.302. The number of hydrogen-bond donors (Lipinski definition) is 2. The highest BCUT2D eigenvalue weighted by Gasteiger charge is 2.23. The Balaban J connectivity index is 0. The van der Waals surface area contributed by atoms with Crippen molar-refractivity contribution in [3.05, 3.63) is 4.91 Å². The van der Waals surface area contributed by atoms with E-state index in [1.807, 2.05) is 0 Å². The van der Waals surface area contributed by atoms with Crippen molar-refractivity contribution in [2.45, 2.75) is 296 Å². The van der Waals surface area contributed by atoms with E-state index in [-0.39, 0.29) is 5.54 Å². The molecule has 3 N–H and O–H groups in total. The van der Waals surface area contributed by atoms with E-state index in [0.29, 0.717) is 0 Å². The van der Waals surface area contributed by atoms with Crippen LogP contribution < -0.4 is 5.73 Å². The van der Waals surface area contributed by atoms with Crippen molar-refractivity contribution in [2.24, 2.45) is 11.1 Å². The van der Waals surface area contributed by atoms with Crippen molar-refractivity contribution < 1.29 is 5.21 Å². The minimum Gasteiger partial charge on any atom is -0.379 e. The molecule has 0 aromatic carbocycles. The first-order valence-electron chi connectivity index (χ1n) is 23.4. The molecule has 0 amide bonds. The van der Waals surface area contributed by atoms with Crippen molar-refractivity contribution in [2.75, 3.05) is 0 Å². The molecule has 50 heavy (non-hydrogen) atoms. The Morgan fingerprint density at radius 1 is 0.320 bits per heavy atom. The zero-order chi connectivity index (χ0) is 36.9. The molecule has 0 radical (unpaired) electrons. The number of nitrogens with two attached hydrogens (primary N) is 1. The van der Waals surface area contributed by atoms with Gasteiger partial charge in [-0.2, -0.15) is 0 Å². The molecule has 0 aromatic rings. The van der Waals surface area contributed by atoms with E-state index in [1.54, 1.807) is 0 Å². The Morgan fingerprint density at radius 2 is 0.440 bits per heavy atom. The highest BCUT2D eigenvalue weighted by Crippen LogP contribution is 2.27. The summed E-state index contributed by atoms with van der Waals surface area (Å²) >= 11 is 0. The molecule has 0 aliphatic heterocycles. The monoisotopic (exact) mass is 709 g/mol. The van der Waals surface area contributed by atoms with Crippen molar-refractivity contribution in [1.29, 1.82) is 0 Å². The van der Waals surface area contributed by atoms with Gasteiger partial charge in [0, 0.05) is 5.54 Å². The summed E-state index contributed by atoms with van der Waals surface area (Å²) in [5.74, 6) is 0. The molecule has 302 valence electrons. The van der Waals surface area contributed by atoms with Gasteiger partial charge in [0.2, 0.25) is 0 Å². The predicted octanol–water partition coefficient (Wildman–Crippen LogP) is 17.3. The summed E-state index contributed by atoms with van der Waals surface area (Å²) < 4.78 is 0. The molecule has 0 heterocycles. The minimum atomic E-state index is 0.118. The highest BCUT2D eigenvalue weighted by molar-refractivity contribution is 4.84. The van der Waals surface area contributed by atoms with E-state index < -0.39 is 0 Å². The first-order valence-corrected chi connectivity index (χ1v) is 23.4. The van der Waals surface area contributed by atoms with Crippen LogP contribution >= 0.6 is 0 Å². The van der Waals surface area contributed by atoms with Crippen LogP contribution in [0.4, 0.5) is 0 Å². The summed E-state index contributed by atoms with van der Waals surface area (Å²) in [6.07, 6.45) is 60.0. The molecule has 4 nitrogen and oxygen atoms in total. The van der Waals surface area contributed by atoms with E-state index in [2.05, 4.69) is 20.8 Å². The molecule has 0 aliphatic rings. The van der Waals surface area contributed by atoms with Crippen molar-refractivity contribution in [3.63, 3.8) is 0 Å². The second kappa shape index (κ2) is 46.4. The number of rotatable bonds is 42. The Bertz CT molecular complexity index is 525. The van der Waals surface area contributed by atoms with E-state index in [9.17, 15) is 0 Å². The van der Waals surface area contributed by atoms with Crippen molar-refractivity contribution in [3.8, 4) is 0 Å². The van der Waals surface area contributed by atoms with Gasteiger partial charge in [0.15, 0.2) is 5.34 Å². The van der Waals surface area contributed by atoms with Crippen LogP contribution in [0.15, 0.2) is 5.34 Å². The van der Waals surface area contributed by atoms with Crippen LogP contribution in [0.25, 0.3) is 0 Å². The average molecular weight is 709 g/mol. The molecule has 0 aliphatic carbocycles. The Hall–Kier alpha value is -0.640. The maximum Gasteiger partial charge on any atom is 0.152 e. The molecule has 0 rings (SSSR count). The van der Waals surface area contributed by atoms with Gasteiger partial charge in [-0.15, -0.1) is 4.91 Å². The minimum absolute atomic E-state index is 0.118. The maximum absolute atomic E-state index is 8.11. The lowest BCUT2D eigenvalue weighted by atomic mass is 9.82. The molecular weight excluding hydrogens is 613 g/mol. The fourth-order valence-electron chi connectivity index (χ4n) is 7.86. The topological polar surface area (TPSA) is 75.7 Å². The summed E-state index contributed by atoms with van der Waals surface area (Å²) in [5, 5.41) is 7.89. The summed E-state index contributed by atoms with van der Waals surface area (Å²) in [7, 11) is 0. The zero-order valence-electron chi connectivity index (χ0n) is 35.1. The lowest BCUT2D eigenvalue weighted by Gasteiger charge is -2.30. The van der Waals surface area contributed by atoms with Crippen LogP contribution in [0.2, 0.25) is 0 Å². The van der Waals surface area contributed by atoms with Gasteiger partial charge < -0.3 is 10.9 Å². The zero-order valence-corrected chi connectivity index (χ0v) is 35.1. The Kier molecular flexibility index (Phi) is 47.7. The van der Waals surface area contributed by atoms with Crippen molar-refractivity contribution in [1.82, 2.24) is 0 Å². The van der Waals surface area contributed by atoms with Crippen molar-refractivity contribution >= 4 is 0 Å². The van der Waals surface area contributed by atoms with Gasteiger partial charge in [0.25, 0.3) is 0 Å². The van der Waals surface area contributed by atoms with E-state index in [0.717, 1.165) is 0 Å². The van der Waals surface area contributed by atoms with Gasteiger partial charge in [0.05, 0.1) is 0 Å². The molecule has 0 atom stereocenters. The lowest BCUT2D eigenvalue weighted by Crippen LogP contribution is -2.39. The van der Waals surface area contributed by atoms with E-state index in [4.69, 9.17) is 15.8 Å². The third-order valence-electron chi connectivity index (χ3n) is 11.3. The van der Waals surface area contributed by atoms with Gasteiger partial charge in [0.1, 0.15) is 0 Å². The normalized spacial score (nSPS) is 11.5. The average Bonchev–Trinajstić information content (AvgIpc) is 3.11. The van der Waals surface area contributed by atoms with Crippen LogP contribution in [0.5, 0.6) is 0 Å². The first-order chi connectivity index (χ1) is 24.6. The molecule has 0 unspecified atom stereocenters. The number of nitrogens with zero attached hydrogens (tertiary/aromatic N) is 1. The predicted molar refractivity (Wildman–Crippen MR) is 225 cm³/mol. The van der Waals surface area contributed by atoms with E-state index in [1.165, 1.54) is 275 Å². The quantitative estimate of drug-likeness (QED) is 0.0376. The summed E-state index contributed by atoms with van der Waals surface area (Å²) in [4.78, 5) is 8.11. The molecule has 0 saturated carbocycles. The second-order valence-electron chi connectivity index (χ2n) is 16.4. The molecule has 4 heteroatoms. The number of unbranched alkanes of at least 4 members (excludes halogenated alkanes) is 36. The molecule has 0 fully saturated rings. The second-order valence-corrected chi connectivity index (χ2v) is 16.4. The smallest absolute Gasteiger partial charge is 0.152 e. The Morgan fingerprint density at radius 3 is 0.580 bits per heavy atom. The first kappa shape index (κ1) is 51.5. The Labute approximate surface area is 316 Å². The fourth-order valence-corrected chi connectivity index (χ4v) is 7.86. The third-order valence-corrected chi connectivity index (χ3v) is 11.3. The van der Waals surface area contributed by atoms with Gasteiger partial charge in [-0.25, -0.2) is 0 Å². The summed E-state index contributed by atoms with van der Waals surface area (Å²) in [6, 6.07) is 0. The SMILES string of the molecule is CCCCCCCCCCCCCCCC(N)(CCCCCCCCCCCCCCC)CCCCCCCCCCCCCCC.O=NO. The largest absolute Gasteiger partial charge is 0.379 e.